The standard InChI is InChI=1S/C19H30N4O2.2ClH/c1-19(2,3)16(20)18(25)22-15-8-6-13(7-9-15)11-23-10-4-5-14(12-23)17(21)24;;/h6-9,14,16H,4-5,10-12,20H2,1-3H3,(H2,21,24)(H,22,25);2*1H/t14?,16-;;/m1../s1. The van der Waals surface area contributed by atoms with E-state index in [0.29, 0.717) is 6.54 Å². The summed E-state index contributed by atoms with van der Waals surface area (Å²) in [4.78, 5) is 25.8. The number of carbonyl (C=O) groups excluding carboxylic acids is 2. The summed E-state index contributed by atoms with van der Waals surface area (Å²) in [6, 6.07) is 7.19. The van der Waals surface area contributed by atoms with Crippen LogP contribution in [-0.2, 0) is 16.1 Å². The van der Waals surface area contributed by atoms with E-state index in [9.17, 15) is 9.59 Å². The highest BCUT2D eigenvalue weighted by atomic mass is 35.5. The van der Waals surface area contributed by atoms with Gasteiger partial charge in [-0.15, -0.1) is 24.8 Å². The van der Waals surface area contributed by atoms with Crippen LogP contribution in [0.3, 0.4) is 0 Å². The minimum absolute atomic E-state index is 0. The molecule has 1 heterocycles. The summed E-state index contributed by atoms with van der Waals surface area (Å²) >= 11 is 0. The Morgan fingerprint density at radius 3 is 2.33 bits per heavy atom. The van der Waals surface area contributed by atoms with Gasteiger partial charge in [0.1, 0.15) is 0 Å². The first-order valence-electron chi connectivity index (χ1n) is 8.84. The molecular formula is C19H32Cl2N4O2. The van der Waals surface area contributed by atoms with Crippen LogP contribution >= 0.6 is 24.8 Å². The fourth-order valence-electron chi connectivity index (χ4n) is 3.00. The van der Waals surface area contributed by atoms with Crippen molar-refractivity contribution in [1.29, 1.82) is 0 Å². The van der Waals surface area contributed by atoms with Crippen molar-refractivity contribution in [2.75, 3.05) is 18.4 Å². The predicted octanol–water partition coefficient (Wildman–Crippen LogP) is 2.54. The van der Waals surface area contributed by atoms with Crippen molar-refractivity contribution < 1.29 is 9.59 Å². The Morgan fingerprint density at radius 2 is 1.81 bits per heavy atom. The van der Waals surface area contributed by atoms with Crippen LogP contribution in [0, 0.1) is 11.3 Å². The first-order chi connectivity index (χ1) is 11.7. The van der Waals surface area contributed by atoms with Gasteiger partial charge in [-0.2, -0.15) is 0 Å². The number of anilines is 1. The number of likely N-dealkylation sites (tertiary alicyclic amines) is 1. The molecule has 6 nitrogen and oxygen atoms in total. The number of nitrogens with one attached hydrogen (secondary N) is 1. The number of halogens is 2. The Labute approximate surface area is 174 Å². The molecule has 1 saturated heterocycles. The highest BCUT2D eigenvalue weighted by Crippen LogP contribution is 2.21. The van der Waals surface area contributed by atoms with E-state index in [4.69, 9.17) is 11.5 Å². The second kappa shape index (κ2) is 10.9. The van der Waals surface area contributed by atoms with Crippen LogP contribution in [0.4, 0.5) is 5.69 Å². The maximum atomic E-state index is 12.2. The largest absolute Gasteiger partial charge is 0.369 e. The van der Waals surface area contributed by atoms with Crippen molar-refractivity contribution in [3.63, 3.8) is 0 Å². The molecule has 8 heteroatoms. The van der Waals surface area contributed by atoms with Crippen molar-refractivity contribution in [2.24, 2.45) is 22.8 Å². The molecule has 0 aromatic heterocycles. The first-order valence-corrected chi connectivity index (χ1v) is 8.84. The molecule has 0 spiro atoms. The lowest BCUT2D eigenvalue weighted by molar-refractivity contribution is -0.123. The van der Waals surface area contributed by atoms with Crippen LogP contribution < -0.4 is 16.8 Å². The Hall–Kier alpha value is -1.34. The van der Waals surface area contributed by atoms with Gasteiger partial charge in [0.05, 0.1) is 12.0 Å². The third-order valence-electron chi connectivity index (χ3n) is 4.75. The highest BCUT2D eigenvalue weighted by molar-refractivity contribution is 5.95. The second-order valence-electron chi connectivity index (χ2n) is 8.01. The van der Waals surface area contributed by atoms with Gasteiger partial charge in [-0.05, 0) is 42.5 Å². The quantitative estimate of drug-likeness (QED) is 0.683. The van der Waals surface area contributed by atoms with Gasteiger partial charge >= 0.3 is 0 Å². The third kappa shape index (κ3) is 7.66. The second-order valence-corrected chi connectivity index (χ2v) is 8.01. The summed E-state index contributed by atoms with van der Waals surface area (Å²) in [6.45, 7) is 8.30. The minimum Gasteiger partial charge on any atom is -0.369 e. The van der Waals surface area contributed by atoms with Crippen LogP contribution in [0.15, 0.2) is 24.3 Å². The van der Waals surface area contributed by atoms with Crippen LogP contribution in [0.5, 0.6) is 0 Å². The summed E-state index contributed by atoms with van der Waals surface area (Å²) in [5, 5.41) is 2.86. The van der Waals surface area contributed by atoms with Gasteiger partial charge in [0.15, 0.2) is 0 Å². The molecule has 2 atom stereocenters. The number of benzene rings is 1. The average molecular weight is 419 g/mol. The Morgan fingerprint density at radius 1 is 1.22 bits per heavy atom. The number of rotatable bonds is 5. The fraction of sp³-hybridized carbons (Fsp3) is 0.579. The number of carbonyl (C=O) groups is 2. The van der Waals surface area contributed by atoms with E-state index in [-0.39, 0.29) is 48.0 Å². The normalized spacial score (nSPS) is 18.6. The van der Waals surface area contributed by atoms with Crippen molar-refractivity contribution in [1.82, 2.24) is 4.90 Å². The van der Waals surface area contributed by atoms with Crippen LogP contribution in [0.25, 0.3) is 0 Å². The van der Waals surface area contributed by atoms with Gasteiger partial charge in [0.2, 0.25) is 11.8 Å². The molecule has 0 saturated carbocycles. The SMILES string of the molecule is CC(C)(C)[C@H](N)C(=O)Nc1ccc(CN2CCCC(C(N)=O)C2)cc1.Cl.Cl. The maximum Gasteiger partial charge on any atom is 0.241 e. The molecule has 5 N–H and O–H groups in total. The smallest absolute Gasteiger partial charge is 0.241 e. The van der Waals surface area contributed by atoms with Gasteiger partial charge in [-0.3, -0.25) is 14.5 Å². The number of hydrogen-bond acceptors (Lipinski definition) is 4. The molecule has 1 aliphatic rings. The molecule has 1 unspecified atom stereocenters. The highest BCUT2D eigenvalue weighted by Gasteiger charge is 2.27. The van der Waals surface area contributed by atoms with E-state index in [1.165, 1.54) is 0 Å². The van der Waals surface area contributed by atoms with Crippen LogP contribution in [0.2, 0.25) is 0 Å². The summed E-state index contributed by atoms with van der Waals surface area (Å²) in [7, 11) is 0. The molecule has 1 aliphatic heterocycles. The zero-order chi connectivity index (χ0) is 18.6. The van der Waals surface area contributed by atoms with Gasteiger partial charge in [0, 0.05) is 18.8 Å². The summed E-state index contributed by atoms with van der Waals surface area (Å²) in [5.74, 6) is -0.440. The van der Waals surface area contributed by atoms with E-state index in [1.54, 1.807) is 0 Å². The van der Waals surface area contributed by atoms with Crippen molar-refractivity contribution in [2.45, 2.75) is 46.2 Å². The summed E-state index contributed by atoms with van der Waals surface area (Å²) in [6.07, 6.45) is 1.87. The average Bonchev–Trinajstić information content (AvgIpc) is 2.55. The van der Waals surface area contributed by atoms with E-state index in [1.807, 2.05) is 45.0 Å². The zero-order valence-corrected chi connectivity index (χ0v) is 17.9. The van der Waals surface area contributed by atoms with Gasteiger partial charge in [-0.1, -0.05) is 32.9 Å². The molecule has 0 aliphatic carbocycles. The summed E-state index contributed by atoms with van der Waals surface area (Å²) < 4.78 is 0. The van der Waals surface area contributed by atoms with E-state index < -0.39 is 6.04 Å². The minimum atomic E-state index is -0.564. The molecule has 2 amide bonds. The zero-order valence-electron chi connectivity index (χ0n) is 16.2. The Bertz CT molecular complexity index is 617. The lowest BCUT2D eigenvalue weighted by atomic mass is 9.87. The van der Waals surface area contributed by atoms with Crippen molar-refractivity contribution >= 4 is 42.3 Å². The number of piperidine rings is 1. The molecule has 2 rings (SSSR count). The number of nitrogens with two attached hydrogens (primary N) is 2. The number of amides is 2. The molecule has 1 fully saturated rings. The lowest BCUT2D eigenvalue weighted by Gasteiger charge is -2.31. The molecule has 0 bridgehead atoms. The molecule has 1 aromatic carbocycles. The van der Waals surface area contributed by atoms with Gasteiger partial charge in [-0.25, -0.2) is 0 Å². The predicted molar refractivity (Wildman–Crippen MR) is 114 cm³/mol. The molecule has 154 valence electrons. The van der Waals surface area contributed by atoms with Crippen molar-refractivity contribution in [3.05, 3.63) is 29.8 Å². The first kappa shape index (κ1) is 25.7. The molecule has 27 heavy (non-hydrogen) atoms. The fourth-order valence-corrected chi connectivity index (χ4v) is 3.00. The van der Waals surface area contributed by atoms with E-state index in [2.05, 4.69) is 10.2 Å². The van der Waals surface area contributed by atoms with Crippen molar-refractivity contribution in [3.8, 4) is 0 Å². The monoisotopic (exact) mass is 418 g/mol. The lowest BCUT2D eigenvalue weighted by Crippen LogP contribution is -2.45. The molecule has 1 aromatic rings. The number of nitrogens with zero attached hydrogens (tertiary/aromatic N) is 1. The van der Waals surface area contributed by atoms with E-state index >= 15 is 0 Å². The number of primary amides is 1. The Kier molecular flexibility index (Phi) is 10.3. The summed E-state index contributed by atoms with van der Waals surface area (Å²) in [5.41, 5.74) is 13.0. The number of hydrogen-bond donors (Lipinski definition) is 3. The van der Waals surface area contributed by atoms with Gasteiger partial charge < -0.3 is 16.8 Å². The van der Waals surface area contributed by atoms with Crippen LogP contribution in [0.1, 0.15) is 39.2 Å². The van der Waals surface area contributed by atoms with E-state index in [0.717, 1.165) is 37.2 Å². The Balaban J connectivity index is 0.00000338. The topological polar surface area (TPSA) is 101 Å². The maximum absolute atomic E-state index is 12.2. The van der Waals surface area contributed by atoms with Crippen LogP contribution in [-0.4, -0.2) is 35.8 Å². The molecular weight excluding hydrogens is 387 g/mol. The molecule has 0 radical (unpaired) electrons. The van der Waals surface area contributed by atoms with Gasteiger partial charge in [0.25, 0.3) is 0 Å². The third-order valence-corrected chi connectivity index (χ3v) is 4.75.